The molecule has 0 fully saturated rings. The molecule has 0 saturated heterocycles. The number of nitrogens with zero attached hydrogens (tertiary/aromatic N) is 6. The monoisotopic (exact) mass is 433 g/mol. The molecule has 152 valence electrons. The van der Waals surface area contributed by atoms with E-state index in [9.17, 15) is 22.4 Å². The minimum atomic E-state index is -5.26. The highest BCUT2D eigenvalue weighted by atomic mass is 35.5. The lowest BCUT2D eigenvalue weighted by Crippen LogP contribution is -2.35. The third-order valence-electron chi connectivity index (χ3n) is 3.20. The van der Waals surface area contributed by atoms with Gasteiger partial charge in [-0.05, 0) is 23.4 Å². The van der Waals surface area contributed by atoms with E-state index in [0.29, 0.717) is 0 Å². The molecule has 0 spiro atoms. The van der Waals surface area contributed by atoms with E-state index in [2.05, 4.69) is 35.0 Å². The molecule has 1 aromatic carbocycles. The minimum Gasteiger partial charge on any atom is -0.333 e. The van der Waals surface area contributed by atoms with E-state index >= 15 is 0 Å². The summed E-state index contributed by atoms with van der Waals surface area (Å²) in [6.07, 6.45) is -2.58. The lowest BCUT2D eigenvalue weighted by Gasteiger charge is -2.10. The summed E-state index contributed by atoms with van der Waals surface area (Å²) in [4.78, 5) is 19.0. The predicted octanol–water partition coefficient (Wildman–Crippen LogP) is 2.19. The van der Waals surface area contributed by atoms with Crippen LogP contribution in [0.2, 0.25) is 5.02 Å². The second-order valence-electron chi connectivity index (χ2n) is 5.24. The van der Waals surface area contributed by atoms with Crippen LogP contribution < -0.4 is 5.48 Å². The van der Waals surface area contributed by atoms with Gasteiger partial charge in [-0.2, -0.15) is 18.7 Å². The molecule has 0 atom stereocenters. The van der Waals surface area contributed by atoms with Crippen LogP contribution in [0.25, 0.3) is 0 Å². The first kappa shape index (κ1) is 20.2. The molecule has 2 aromatic heterocycles. The summed E-state index contributed by atoms with van der Waals surface area (Å²) in [7, 11) is 0. The van der Waals surface area contributed by atoms with Gasteiger partial charge in [0, 0.05) is 0 Å². The average molecular weight is 434 g/mol. The highest BCUT2D eigenvalue weighted by Crippen LogP contribution is 2.23. The zero-order valence-corrected chi connectivity index (χ0v) is 14.6. The Bertz CT molecular complexity index is 1040. The van der Waals surface area contributed by atoms with Gasteiger partial charge in [0.05, 0.1) is 17.3 Å². The van der Waals surface area contributed by atoms with Crippen LogP contribution in [0.15, 0.2) is 40.5 Å². The number of nitrogens with one attached hydrogen (secondary N) is 1. The maximum absolute atomic E-state index is 13.3. The summed E-state index contributed by atoms with van der Waals surface area (Å²) in [5.41, 5.74) is 1.69. The van der Waals surface area contributed by atoms with Crippen LogP contribution in [-0.4, -0.2) is 43.1 Å². The van der Waals surface area contributed by atoms with Gasteiger partial charge in [0.1, 0.15) is 24.2 Å². The van der Waals surface area contributed by atoms with Gasteiger partial charge >= 0.3 is 12.1 Å². The van der Waals surface area contributed by atoms with E-state index in [1.165, 1.54) is 23.3 Å². The van der Waals surface area contributed by atoms with Crippen molar-refractivity contribution in [2.24, 2.45) is 4.99 Å². The number of aliphatic imine (C=N–C) groups is 1. The van der Waals surface area contributed by atoms with Crippen LogP contribution >= 0.6 is 11.6 Å². The number of hydrogen-bond donors (Lipinski definition) is 1. The van der Waals surface area contributed by atoms with Crippen LogP contribution in [0.5, 0.6) is 0 Å². The molecule has 2 heterocycles. The number of alkyl halides is 3. The van der Waals surface area contributed by atoms with E-state index < -0.39 is 23.8 Å². The lowest BCUT2D eigenvalue weighted by molar-refractivity contribution is -0.203. The van der Waals surface area contributed by atoms with Gasteiger partial charge < -0.3 is 9.40 Å². The molecular weight excluding hydrogens is 426 g/mol. The van der Waals surface area contributed by atoms with Crippen molar-refractivity contribution < 1.29 is 31.8 Å². The molecule has 1 N–H and O–H groups in total. The number of carbonyl (C=O) groups is 1. The molecule has 0 unspecified atom stereocenters. The van der Waals surface area contributed by atoms with Crippen LogP contribution in [0, 0.1) is 5.82 Å². The van der Waals surface area contributed by atoms with Crippen molar-refractivity contribution in [1.82, 2.24) is 30.6 Å². The zero-order chi connectivity index (χ0) is 21.0. The topological polar surface area (TPSA) is 120 Å². The molecule has 3 aromatic rings. The van der Waals surface area contributed by atoms with Crippen molar-refractivity contribution >= 4 is 29.1 Å². The quantitative estimate of drug-likeness (QED) is 0.288. The van der Waals surface area contributed by atoms with Gasteiger partial charge in [-0.1, -0.05) is 16.8 Å². The minimum absolute atomic E-state index is 0.00389. The highest BCUT2D eigenvalue weighted by molar-refractivity contribution is 6.31. The fourth-order valence-electron chi connectivity index (χ4n) is 1.93. The molecule has 0 radical (unpaired) electrons. The molecule has 0 saturated carbocycles. The lowest BCUT2D eigenvalue weighted by atomic mass is 10.2. The summed E-state index contributed by atoms with van der Waals surface area (Å²) < 4.78 is 56.7. The van der Waals surface area contributed by atoms with Crippen LogP contribution in [0.3, 0.4) is 0 Å². The standard InChI is InChI=1S/C14H8ClF4N7O3/c15-8-3-7(1-2-9(8)16)22-12(25-28-13(27)14(17,18)19)11-10(23-29-24-11)4-26-5-20-21-6-26/h1-3,5-6H,4H2,(H,22,25). The van der Waals surface area contributed by atoms with Crippen molar-refractivity contribution in [1.29, 1.82) is 0 Å². The average Bonchev–Trinajstić information content (AvgIpc) is 3.33. The van der Waals surface area contributed by atoms with E-state index in [0.717, 1.165) is 12.1 Å². The molecule has 29 heavy (non-hydrogen) atoms. The number of hydrogen-bond acceptors (Lipinski definition) is 8. The van der Waals surface area contributed by atoms with Crippen LogP contribution in [-0.2, 0) is 16.2 Å². The number of halogens is 5. The van der Waals surface area contributed by atoms with Gasteiger partial charge in [0.15, 0.2) is 11.5 Å². The van der Waals surface area contributed by atoms with Gasteiger partial charge in [0.2, 0.25) is 0 Å². The fraction of sp³-hybridized carbons (Fsp3) is 0.143. The molecule has 0 aliphatic rings. The summed E-state index contributed by atoms with van der Waals surface area (Å²) in [5.74, 6) is -3.74. The zero-order valence-electron chi connectivity index (χ0n) is 13.9. The van der Waals surface area contributed by atoms with E-state index in [1.54, 1.807) is 5.48 Å². The highest BCUT2D eigenvalue weighted by Gasteiger charge is 2.42. The molecule has 10 nitrogen and oxygen atoms in total. The first-order valence-electron chi connectivity index (χ1n) is 7.46. The summed E-state index contributed by atoms with van der Waals surface area (Å²) in [6, 6.07) is 3.26. The molecule has 15 heteroatoms. The number of amidine groups is 1. The summed E-state index contributed by atoms with van der Waals surface area (Å²) in [6.45, 7) is 0.00389. The van der Waals surface area contributed by atoms with Gasteiger partial charge in [-0.25, -0.2) is 18.8 Å². The summed E-state index contributed by atoms with van der Waals surface area (Å²) in [5, 5.41) is 14.1. The second-order valence-corrected chi connectivity index (χ2v) is 5.65. The third-order valence-corrected chi connectivity index (χ3v) is 3.49. The van der Waals surface area contributed by atoms with Crippen molar-refractivity contribution in [3.8, 4) is 0 Å². The van der Waals surface area contributed by atoms with Crippen LogP contribution in [0.4, 0.5) is 23.2 Å². The predicted molar refractivity (Wildman–Crippen MR) is 86.3 cm³/mol. The molecule has 0 aliphatic carbocycles. The van der Waals surface area contributed by atoms with Gasteiger partial charge in [0.25, 0.3) is 0 Å². The molecule has 0 amide bonds. The normalized spacial score (nSPS) is 12.1. The summed E-state index contributed by atoms with van der Waals surface area (Å²) >= 11 is 5.67. The second kappa shape index (κ2) is 8.22. The van der Waals surface area contributed by atoms with Crippen molar-refractivity contribution in [3.63, 3.8) is 0 Å². The smallest absolute Gasteiger partial charge is 0.333 e. The maximum atomic E-state index is 13.3. The Morgan fingerprint density at radius 3 is 2.66 bits per heavy atom. The molecule has 0 bridgehead atoms. The Morgan fingerprint density at radius 1 is 1.28 bits per heavy atom. The third kappa shape index (κ3) is 5.04. The number of benzene rings is 1. The Hall–Kier alpha value is -3.55. The van der Waals surface area contributed by atoms with Crippen molar-refractivity contribution in [2.45, 2.75) is 12.7 Å². The van der Waals surface area contributed by atoms with Gasteiger partial charge in [-0.15, -0.1) is 10.2 Å². The number of rotatable bonds is 4. The Kier molecular flexibility index (Phi) is 5.72. The van der Waals surface area contributed by atoms with E-state index in [-0.39, 0.29) is 28.6 Å². The van der Waals surface area contributed by atoms with Crippen LogP contribution in [0.1, 0.15) is 11.4 Å². The van der Waals surface area contributed by atoms with Gasteiger partial charge in [-0.3, -0.25) is 0 Å². The SMILES string of the molecule is O=C(ONC(=Nc1ccc(F)c(Cl)c1)c1nonc1Cn1cnnc1)C(F)(F)F. The Morgan fingerprint density at radius 2 is 2.00 bits per heavy atom. The number of hydroxylamine groups is 1. The molecular formula is C14H8ClF4N7O3. The number of aromatic nitrogens is 5. The first-order valence-corrected chi connectivity index (χ1v) is 7.84. The maximum Gasteiger partial charge on any atom is 0.493 e. The van der Waals surface area contributed by atoms with E-state index in [1.807, 2.05) is 0 Å². The number of carbonyl (C=O) groups excluding carboxylic acids is 1. The van der Waals surface area contributed by atoms with Crippen molar-refractivity contribution in [2.75, 3.05) is 0 Å². The van der Waals surface area contributed by atoms with Crippen molar-refractivity contribution in [3.05, 3.63) is 53.1 Å². The Balaban J connectivity index is 1.94. The molecule has 0 aliphatic heterocycles. The molecule has 3 rings (SSSR count). The Labute approximate surface area is 163 Å². The first-order chi connectivity index (χ1) is 13.7. The van der Waals surface area contributed by atoms with E-state index in [4.69, 9.17) is 11.6 Å². The largest absolute Gasteiger partial charge is 0.493 e. The fourth-order valence-corrected chi connectivity index (χ4v) is 2.10.